The standard InChI is InChI=1S/C15H13Cl2F/c1-9-8-13(16)10(2)7-12(9)15(17)11-5-3-4-6-14(11)18/h3-8,15H,1-2H3. The van der Waals surface area contributed by atoms with Gasteiger partial charge in [0.25, 0.3) is 0 Å². The van der Waals surface area contributed by atoms with Crippen molar-refractivity contribution in [3.63, 3.8) is 0 Å². The monoisotopic (exact) mass is 282 g/mol. The van der Waals surface area contributed by atoms with Crippen LogP contribution in [0.25, 0.3) is 0 Å². The molecule has 18 heavy (non-hydrogen) atoms. The first-order valence-electron chi connectivity index (χ1n) is 5.66. The van der Waals surface area contributed by atoms with Crippen LogP contribution in [0.2, 0.25) is 5.02 Å². The SMILES string of the molecule is Cc1cc(C(Cl)c2ccccc2F)c(C)cc1Cl. The van der Waals surface area contributed by atoms with E-state index in [1.165, 1.54) is 6.07 Å². The predicted molar refractivity (Wildman–Crippen MR) is 75.0 cm³/mol. The summed E-state index contributed by atoms with van der Waals surface area (Å²) in [6, 6.07) is 10.3. The van der Waals surface area contributed by atoms with Crippen molar-refractivity contribution in [2.75, 3.05) is 0 Å². The highest BCUT2D eigenvalue weighted by molar-refractivity contribution is 6.31. The maximum absolute atomic E-state index is 13.7. The molecule has 0 aliphatic heterocycles. The minimum atomic E-state index is -0.498. The van der Waals surface area contributed by atoms with Gasteiger partial charge in [-0.2, -0.15) is 0 Å². The quantitative estimate of drug-likeness (QED) is 0.645. The van der Waals surface area contributed by atoms with Crippen molar-refractivity contribution in [1.29, 1.82) is 0 Å². The van der Waals surface area contributed by atoms with Crippen molar-refractivity contribution in [3.05, 3.63) is 69.5 Å². The first-order chi connectivity index (χ1) is 8.50. The molecule has 0 saturated carbocycles. The van der Waals surface area contributed by atoms with Crippen LogP contribution < -0.4 is 0 Å². The average Bonchev–Trinajstić information content (AvgIpc) is 2.33. The van der Waals surface area contributed by atoms with E-state index in [0.717, 1.165) is 16.7 Å². The zero-order valence-corrected chi connectivity index (χ0v) is 11.7. The number of aryl methyl sites for hydroxylation is 2. The van der Waals surface area contributed by atoms with Crippen LogP contribution in [0.4, 0.5) is 4.39 Å². The van der Waals surface area contributed by atoms with Gasteiger partial charge in [-0.3, -0.25) is 0 Å². The summed E-state index contributed by atoms with van der Waals surface area (Å²) in [5, 5.41) is 0.204. The second kappa shape index (κ2) is 5.29. The summed E-state index contributed by atoms with van der Waals surface area (Å²) in [5.41, 5.74) is 3.29. The Bertz CT molecular complexity index is 579. The number of hydrogen-bond acceptors (Lipinski definition) is 0. The van der Waals surface area contributed by atoms with Gasteiger partial charge < -0.3 is 0 Å². The van der Waals surface area contributed by atoms with Crippen molar-refractivity contribution in [2.45, 2.75) is 19.2 Å². The molecule has 0 aliphatic carbocycles. The highest BCUT2D eigenvalue weighted by Crippen LogP contribution is 2.34. The van der Waals surface area contributed by atoms with Crippen LogP contribution >= 0.6 is 23.2 Å². The molecule has 0 spiro atoms. The highest BCUT2D eigenvalue weighted by atomic mass is 35.5. The summed E-state index contributed by atoms with van der Waals surface area (Å²) >= 11 is 12.4. The van der Waals surface area contributed by atoms with E-state index in [1.54, 1.807) is 18.2 Å². The Hall–Kier alpha value is -1.05. The predicted octanol–water partition coefficient (Wildman–Crippen LogP) is 5.42. The van der Waals surface area contributed by atoms with E-state index in [9.17, 15) is 4.39 Å². The molecule has 0 nitrogen and oxygen atoms in total. The lowest BCUT2D eigenvalue weighted by Crippen LogP contribution is -2.00. The summed E-state index contributed by atoms with van der Waals surface area (Å²) in [4.78, 5) is 0. The van der Waals surface area contributed by atoms with Crippen molar-refractivity contribution in [1.82, 2.24) is 0 Å². The second-order valence-corrected chi connectivity index (χ2v) is 5.19. The fourth-order valence-electron chi connectivity index (χ4n) is 1.92. The zero-order chi connectivity index (χ0) is 13.3. The molecule has 94 valence electrons. The molecular weight excluding hydrogens is 270 g/mol. The smallest absolute Gasteiger partial charge is 0.128 e. The molecule has 1 atom stereocenters. The summed E-state index contributed by atoms with van der Waals surface area (Å²) < 4.78 is 13.7. The van der Waals surface area contributed by atoms with Crippen LogP contribution in [0.15, 0.2) is 36.4 Å². The molecule has 2 aromatic carbocycles. The molecule has 0 aliphatic rings. The van der Waals surface area contributed by atoms with Gasteiger partial charge in [0.15, 0.2) is 0 Å². The van der Waals surface area contributed by atoms with Gasteiger partial charge >= 0.3 is 0 Å². The Kier molecular flexibility index (Phi) is 3.94. The van der Waals surface area contributed by atoms with Crippen LogP contribution in [-0.4, -0.2) is 0 Å². The van der Waals surface area contributed by atoms with Crippen LogP contribution in [0, 0.1) is 19.7 Å². The number of alkyl halides is 1. The minimum Gasteiger partial charge on any atom is -0.207 e. The lowest BCUT2D eigenvalue weighted by molar-refractivity contribution is 0.612. The molecule has 3 heteroatoms. The van der Waals surface area contributed by atoms with Gasteiger partial charge in [-0.15, -0.1) is 11.6 Å². The first kappa shape index (κ1) is 13.4. The van der Waals surface area contributed by atoms with E-state index in [2.05, 4.69) is 0 Å². The minimum absolute atomic E-state index is 0.287. The topological polar surface area (TPSA) is 0 Å². The lowest BCUT2D eigenvalue weighted by atomic mass is 9.98. The molecule has 0 aromatic heterocycles. The molecule has 0 amide bonds. The van der Waals surface area contributed by atoms with Gasteiger partial charge in [0, 0.05) is 10.6 Å². The fraction of sp³-hybridized carbons (Fsp3) is 0.200. The molecule has 1 unspecified atom stereocenters. The van der Waals surface area contributed by atoms with Crippen molar-refractivity contribution >= 4 is 23.2 Å². The molecule has 0 radical (unpaired) electrons. The molecule has 0 saturated heterocycles. The summed E-state index contributed by atoms with van der Waals surface area (Å²) in [6.45, 7) is 3.84. The third kappa shape index (κ3) is 2.52. The van der Waals surface area contributed by atoms with E-state index >= 15 is 0 Å². The van der Waals surface area contributed by atoms with Gasteiger partial charge in [0.05, 0.1) is 5.38 Å². The van der Waals surface area contributed by atoms with Crippen molar-refractivity contribution < 1.29 is 4.39 Å². The van der Waals surface area contributed by atoms with Gasteiger partial charge in [0.1, 0.15) is 5.82 Å². The van der Waals surface area contributed by atoms with Crippen LogP contribution in [0.1, 0.15) is 27.6 Å². The Morgan fingerprint density at radius 2 is 1.67 bits per heavy atom. The van der Waals surface area contributed by atoms with Gasteiger partial charge in [0.2, 0.25) is 0 Å². The lowest BCUT2D eigenvalue weighted by Gasteiger charge is -2.15. The van der Waals surface area contributed by atoms with E-state index in [1.807, 2.05) is 26.0 Å². The van der Waals surface area contributed by atoms with Gasteiger partial charge in [-0.25, -0.2) is 4.39 Å². The second-order valence-electron chi connectivity index (χ2n) is 4.34. The molecule has 0 N–H and O–H groups in total. The number of halogens is 3. The van der Waals surface area contributed by atoms with Crippen LogP contribution in [0.3, 0.4) is 0 Å². The highest BCUT2D eigenvalue weighted by Gasteiger charge is 2.17. The number of benzene rings is 2. The first-order valence-corrected chi connectivity index (χ1v) is 6.47. The Labute approximate surface area is 116 Å². The van der Waals surface area contributed by atoms with Crippen molar-refractivity contribution in [3.8, 4) is 0 Å². The molecule has 2 rings (SSSR count). The van der Waals surface area contributed by atoms with E-state index in [4.69, 9.17) is 23.2 Å². The Balaban J connectivity index is 2.50. The number of hydrogen-bond donors (Lipinski definition) is 0. The summed E-state index contributed by atoms with van der Waals surface area (Å²) in [6.07, 6.45) is 0. The third-order valence-corrected chi connectivity index (χ3v) is 3.88. The van der Waals surface area contributed by atoms with Crippen LogP contribution in [-0.2, 0) is 0 Å². The zero-order valence-electron chi connectivity index (χ0n) is 10.2. The van der Waals surface area contributed by atoms with Crippen molar-refractivity contribution in [2.24, 2.45) is 0 Å². The van der Waals surface area contributed by atoms with Crippen LogP contribution in [0.5, 0.6) is 0 Å². The average molecular weight is 283 g/mol. The summed E-state index contributed by atoms with van der Waals surface area (Å²) in [7, 11) is 0. The molecule has 0 heterocycles. The van der Waals surface area contributed by atoms with E-state index in [-0.39, 0.29) is 5.82 Å². The largest absolute Gasteiger partial charge is 0.207 e. The van der Waals surface area contributed by atoms with E-state index < -0.39 is 5.38 Å². The normalized spacial score (nSPS) is 12.5. The third-order valence-electron chi connectivity index (χ3n) is 3.00. The maximum atomic E-state index is 13.7. The number of rotatable bonds is 2. The summed E-state index contributed by atoms with van der Waals surface area (Å²) in [5.74, 6) is -0.287. The maximum Gasteiger partial charge on any atom is 0.128 e. The van der Waals surface area contributed by atoms with Gasteiger partial charge in [-0.05, 0) is 42.7 Å². The Morgan fingerprint density at radius 3 is 2.33 bits per heavy atom. The molecule has 0 bridgehead atoms. The Morgan fingerprint density at radius 1 is 1.00 bits per heavy atom. The van der Waals surface area contributed by atoms with Gasteiger partial charge in [-0.1, -0.05) is 35.9 Å². The molecule has 2 aromatic rings. The fourth-order valence-corrected chi connectivity index (χ4v) is 2.55. The molecular formula is C15H13Cl2F. The van der Waals surface area contributed by atoms with E-state index in [0.29, 0.717) is 10.6 Å². The molecule has 0 fully saturated rings.